The maximum atomic E-state index is 13.9. The number of carbonyl (C=O) groups is 2. The summed E-state index contributed by atoms with van der Waals surface area (Å²) < 4.78 is 28.0. The zero-order chi connectivity index (χ0) is 13.7. The minimum Gasteiger partial charge on any atom is -0.274 e. The van der Waals surface area contributed by atoms with E-state index in [-0.39, 0.29) is 16.3 Å². The fourth-order valence-electron chi connectivity index (χ4n) is 2.87. The Bertz CT molecular complexity index is 545. The highest BCUT2D eigenvalue weighted by molar-refractivity contribution is 9.10. The van der Waals surface area contributed by atoms with Crippen LogP contribution in [0, 0.1) is 23.5 Å². The first kappa shape index (κ1) is 12.7. The second-order valence-corrected chi connectivity index (χ2v) is 5.85. The van der Waals surface area contributed by atoms with Crippen LogP contribution in [0.15, 0.2) is 16.6 Å². The Labute approximate surface area is 116 Å². The van der Waals surface area contributed by atoms with Gasteiger partial charge in [0.1, 0.15) is 5.69 Å². The largest absolute Gasteiger partial charge is 0.274 e. The van der Waals surface area contributed by atoms with Crippen LogP contribution >= 0.6 is 15.9 Å². The molecule has 1 saturated heterocycles. The molecule has 6 heteroatoms. The van der Waals surface area contributed by atoms with Crippen LogP contribution in [0.2, 0.25) is 0 Å². The molecule has 1 aromatic carbocycles. The zero-order valence-corrected chi connectivity index (χ0v) is 11.4. The van der Waals surface area contributed by atoms with Crippen LogP contribution in [0.1, 0.15) is 19.3 Å². The van der Waals surface area contributed by atoms with Gasteiger partial charge in [-0.05, 0) is 31.4 Å². The molecule has 0 spiro atoms. The molecule has 0 aromatic heterocycles. The molecule has 100 valence electrons. The molecule has 2 unspecified atom stereocenters. The minimum atomic E-state index is -0.908. The lowest BCUT2D eigenvalue weighted by atomic mass is 9.96. The van der Waals surface area contributed by atoms with Gasteiger partial charge in [0.25, 0.3) is 0 Å². The predicted octanol–water partition coefficient (Wildman–Crippen LogP) is 3.02. The molecule has 2 atom stereocenters. The predicted molar refractivity (Wildman–Crippen MR) is 67.4 cm³/mol. The van der Waals surface area contributed by atoms with Crippen molar-refractivity contribution in [3.63, 3.8) is 0 Å². The molecule has 1 aromatic rings. The molecule has 2 bridgehead atoms. The van der Waals surface area contributed by atoms with Crippen LogP contribution in [0.25, 0.3) is 0 Å². The summed E-state index contributed by atoms with van der Waals surface area (Å²) in [6.45, 7) is 0. The summed E-state index contributed by atoms with van der Waals surface area (Å²) in [5.74, 6) is -3.36. The summed E-state index contributed by atoms with van der Waals surface area (Å²) in [5.41, 5.74) is -0.546. The third-order valence-corrected chi connectivity index (χ3v) is 4.23. The number of imide groups is 1. The van der Waals surface area contributed by atoms with Crippen molar-refractivity contribution < 1.29 is 18.4 Å². The Morgan fingerprint density at radius 1 is 1.05 bits per heavy atom. The molecule has 3 rings (SSSR count). The lowest BCUT2D eigenvalue weighted by molar-refractivity contribution is -0.133. The van der Waals surface area contributed by atoms with E-state index >= 15 is 0 Å². The topological polar surface area (TPSA) is 37.4 Å². The SMILES string of the molecule is O=C1C2CCC(C2)C(=O)N1c1c(F)cc(Br)cc1F. The molecule has 1 saturated carbocycles. The molecule has 2 amide bonds. The number of rotatable bonds is 1. The van der Waals surface area contributed by atoms with Gasteiger partial charge in [0.15, 0.2) is 11.6 Å². The van der Waals surface area contributed by atoms with E-state index in [1.807, 2.05) is 0 Å². The molecular weight excluding hydrogens is 320 g/mol. The molecular formula is C13H10BrF2NO2. The second kappa shape index (κ2) is 4.37. The van der Waals surface area contributed by atoms with Crippen molar-refractivity contribution in [2.75, 3.05) is 4.90 Å². The molecule has 0 N–H and O–H groups in total. The first-order chi connectivity index (χ1) is 8.99. The van der Waals surface area contributed by atoms with Crippen molar-refractivity contribution in [1.82, 2.24) is 0 Å². The number of hydrogen-bond donors (Lipinski definition) is 0. The first-order valence-corrected chi connectivity index (χ1v) is 6.80. The molecule has 3 nitrogen and oxygen atoms in total. The Kier molecular flexibility index (Phi) is 2.92. The molecule has 1 heterocycles. The van der Waals surface area contributed by atoms with Gasteiger partial charge in [0.2, 0.25) is 11.8 Å². The number of piperidine rings is 1. The van der Waals surface area contributed by atoms with Gasteiger partial charge in [-0.3, -0.25) is 9.59 Å². The Morgan fingerprint density at radius 2 is 1.53 bits per heavy atom. The van der Waals surface area contributed by atoms with Crippen molar-refractivity contribution in [2.24, 2.45) is 11.8 Å². The van der Waals surface area contributed by atoms with E-state index in [1.54, 1.807) is 0 Å². The summed E-state index contributed by atoms with van der Waals surface area (Å²) in [7, 11) is 0. The highest BCUT2D eigenvalue weighted by atomic mass is 79.9. The Hall–Kier alpha value is -1.30. The highest BCUT2D eigenvalue weighted by Crippen LogP contribution is 2.41. The van der Waals surface area contributed by atoms with Crippen molar-refractivity contribution in [3.8, 4) is 0 Å². The van der Waals surface area contributed by atoms with Gasteiger partial charge in [-0.15, -0.1) is 0 Å². The van der Waals surface area contributed by atoms with E-state index < -0.39 is 29.1 Å². The highest BCUT2D eigenvalue weighted by Gasteiger charge is 2.47. The standard InChI is InChI=1S/C13H10BrF2NO2/c14-8-4-9(15)11(10(16)5-8)17-12(18)6-1-2-7(3-6)13(17)19/h4-7H,1-3H2. The van der Waals surface area contributed by atoms with E-state index in [9.17, 15) is 18.4 Å². The minimum absolute atomic E-state index is 0.228. The van der Waals surface area contributed by atoms with E-state index in [1.165, 1.54) is 0 Å². The fourth-order valence-corrected chi connectivity index (χ4v) is 3.27. The van der Waals surface area contributed by atoms with E-state index in [4.69, 9.17) is 0 Å². The lowest BCUT2D eigenvalue weighted by Crippen LogP contribution is -2.47. The summed E-state index contributed by atoms with van der Waals surface area (Å²) in [5, 5.41) is 0. The van der Waals surface area contributed by atoms with Crippen LogP contribution in [0.4, 0.5) is 14.5 Å². The van der Waals surface area contributed by atoms with Gasteiger partial charge in [-0.2, -0.15) is 0 Å². The molecule has 2 fully saturated rings. The van der Waals surface area contributed by atoms with Crippen LogP contribution in [0.5, 0.6) is 0 Å². The number of amides is 2. The van der Waals surface area contributed by atoms with Gasteiger partial charge in [-0.25, -0.2) is 13.7 Å². The van der Waals surface area contributed by atoms with Gasteiger partial charge in [0, 0.05) is 16.3 Å². The normalized spacial score (nSPS) is 26.2. The van der Waals surface area contributed by atoms with Crippen LogP contribution in [-0.2, 0) is 9.59 Å². The zero-order valence-electron chi connectivity index (χ0n) is 9.83. The number of anilines is 1. The lowest BCUT2D eigenvalue weighted by Gasteiger charge is -2.30. The van der Waals surface area contributed by atoms with Gasteiger partial charge >= 0.3 is 0 Å². The summed E-state index contributed by atoms with van der Waals surface area (Å²) in [6.07, 6.45) is 1.74. The molecule has 1 aliphatic carbocycles. The van der Waals surface area contributed by atoms with Gasteiger partial charge < -0.3 is 0 Å². The van der Waals surface area contributed by atoms with E-state index in [0.29, 0.717) is 24.2 Å². The Morgan fingerprint density at radius 3 is 2.00 bits per heavy atom. The van der Waals surface area contributed by atoms with Crippen molar-refractivity contribution >= 4 is 33.4 Å². The third-order valence-electron chi connectivity index (χ3n) is 3.78. The van der Waals surface area contributed by atoms with E-state index in [2.05, 4.69) is 15.9 Å². The maximum Gasteiger partial charge on any atom is 0.237 e. The molecule has 1 aliphatic heterocycles. The fraction of sp³-hybridized carbons (Fsp3) is 0.385. The number of hydrogen-bond acceptors (Lipinski definition) is 2. The molecule has 2 aliphatic rings. The Balaban J connectivity index is 2.11. The average molecular weight is 330 g/mol. The van der Waals surface area contributed by atoms with Crippen LogP contribution in [-0.4, -0.2) is 11.8 Å². The third kappa shape index (κ3) is 1.89. The molecule has 0 radical (unpaired) electrons. The van der Waals surface area contributed by atoms with E-state index in [0.717, 1.165) is 12.1 Å². The van der Waals surface area contributed by atoms with Crippen LogP contribution in [0.3, 0.4) is 0 Å². The quantitative estimate of drug-likeness (QED) is 0.743. The first-order valence-electron chi connectivity index (χ1n) is 6.01. The van der Waals surface area contributed by atoms with Gasteiger partial charge in [0.05, 0.1) is 0 Å². The number of halogens is 3. The average Bonchev–Trinajstić information content (AvgIpc) is 2.76. The van der Waals surface area contributed by atoms with Crippen molar-refractivity contribution in [1.29, 1.82) is 0 Å². The van der Waals surface area contributed by atoms with Crippen molar-refractivity contribution in [3.05, 3.63) is 28.2 Å². The number of fused-ring (bicyclic) bond motifs is 2. The maximum absolute atomic E-state index is 13.9. The van der Waals surface area contributed by atoms with Gasteiger partial charge in [-0.1, -0.05) is 15.9 Å². The number of benzene rings is 1. The van der Waals surface area contributed by atoms with Crippen LogP contribution < -0.4 is 4.90 Å². The summed E-state index contributed by atoms with van der Waals surface area (Å²) in [4.78, 5) is 25.0. The number of nitrogens with zero attached hydrogens (tertiary/aromatic N) is 1. The van der Waals surface area contributed by atoms with Crippen molar-refractivity contribution in [2.45, 2.75) is 19.3 Å². The number of carbonyl (C=O) groups excluding carboxylic acids is 2. The summed E-state index contributed by atoms with van der Waals surface area (Å²) in [6, 6.07) is 2.10. The summed E-state index contributed by atoms with van der Waals surface area (Å²) >= 11 is 2.97. The smallest absolute Gasteiger partial charge is 0.237 e. The second-order valence-electron chi connectivity index (χ2n) is 4.94. The molecule has 19 heavy (non-hydrogen) atoms. The monoisotopic (exact) mass is 329 g/mol.